The SMILES string of the molecule is COC(=O)Cc1cn(-c2cccc(C(F)(F)F)c2)nc1-c1ccc2oc3ccccc3c2c1. The van der Waals surface area contributed by atoms with Gasteiger partial charge in [0.05, 0.1) is 30.5 Å². The molecule has 0 aliphatic carbocycles. The van der Waals surface area contributed by atoms with E-state index in [1.165, 1.54) is 23.9 Å². The molecule has 0 atom stereocenters. The molecule has 0 saturated carbocycles. The third-order valence-corrected chi connectivity index (χ3v) is 5.44. The third-order valence-electron chi connectivity index (χ3n) is 5.44. The lowest BCUT2D eigenvalue weighted by Gasteiger charge is -2.08. The molecular formula is C25H17F3N2O3. The summed E-state index contributed by atoms with van der Waals surface area (Å²) in [6, 6.07) is 18.0. The molecule has 3 aromatic carbocycles. The quantitative estimate of drug-likeness (QED) is 0.307. The molecule has 5 aromatic rings. The zero-order valence-electron chi connectivity index (χ0n) is 17.4. The van der Waals surface area contributed by atoms with Gasteiger partial charge in [-0.05, 0) is 42.5 Å². The van der Waals surface area contributed by atoms with Gasteiger partial charge in [0.1, 0.15) is 11.2 Å². The summed E-state index contributed by atoms with van der Waals surface area (Å²) in [6.45, 7) is 0. The van der Waals surface area contributed by atoms with Crippen molar-refractivity contribution in [1.82, 2.24) is 9.78 Å². The number of para-hydroxylation sites is 1. The highest BCUT2D eigenvalue weighted by Gasteiger charge is 2.30. The summed E-state index contributed by atoms with van der Waals surface area (Å²) in [7, 11) is 1.28. The highest BCUT2D eigenvalue weighted by atomic mass is 19.4. The highest BCUT2D eigenvalue weighted by molar-refractivity contribution is 6.06. The summed E-state index contributed by atoms with van der Waals surface area (Å²) in [4.78, 5) is 12.0. The van der Waals surface area contributed by atoms with Crippen LogP contribution in [0, 0.1) is 0 Å². The van der Waals surface area contributed by atoms with Crippen LogP contribution in [0.2, 0.25) is 0 Å². The predicted molar refractivity (Wildman–Crippen MR) is 117 cm³/mol. The second-order valence-corrected chi connectivity index (χ2v) is 7.56. The molecule has 0 radical (unpaired) electrons. The van der Waals surface area contributed by atoms with Crippen LogP contribution in [0.1, 0.15) is 11.1 Å². The van der Waals surface area contributed by atoms with Crippen LogP contribution < -0.4 is 0 Å². The molecule has 0 bridgehead atoms. The van der Waals surface area contributed by atoms with E-state index in [9.17, 15) is 18.0 Å². The van der Waals surface area contributed by atoms with E-state index in [2.05, 4.69) is 5.10 Å². The summed E-state index contributed by atoms with van der Waals surface area (Å²) in [5, 5.41) is 6.35. The molecule has 5 nitrogen and oxygen atoms in total. The van der Waals surface area contributed by atoms with E-state index in [0.29, 0.717) is 22.4 Å². The Morgan fingerprint density at radius 1 is 1.00 bits per heavy atom. The first kappa shape index (κ1) is 20.8. The fraction of sp³-hybridized carbons (Fsp3) is 0.120. The number of alkyl halides is 3. The molecule has 0 aliphatic rings. The number of carbonyl (C=O) groups is 1. The number of esters is 1. The molecule has 0 N–H and O–H groups in total. The van der Waals surface area contributed by atoms with Gasteiger partial charge < -0.3 is 9.15 Å². The summed E-state index contributed by atoms with van der Waals surface area (Å²) in [5.41, 5.74) is 2.62. The van der Waals surface area contributed by atoms with E-state index in [1.807, 2.05) is 42.5 Å². The van der Waals surface area contributed by atoms with Crippen molar-refractivity contribution in [3.05, 3.63) is 84.1 Å². The van der Waals surface area contributed by atoms with Crippen molar-refractivity contribution in [1.29, 1.82) is 0 Å². The van der Waals surface area contributed by atoms with Gasteiger partial charge in [-0.25, -0.2) is 4.68 Å². The van der Waals surface area contributed by atoms with Gasteiger partial charge in [-0.2, -0.15) is 18.3 Å². The van der Waals surface area contributed by atoms with E-state index >= 15 is 0 Å². The third kappa shape index (κ3) is 3.84. The van der Waals surface area contributed by atoms with Crippen LogP contribution in [0.15, 0.2) is 77.3 Å². The van der Waals surface area contributed by atoms with Crippen LogP contribution in [0.5, 0.6) is 0 Å². The molecule has 0 aliphatic heterocycles. The van der Waals surface area contributed by atoms with Gasteiger partial charge in [0, 0.05) is 28.1 Å². The summed E-state index contributed by atoms with van der Waals surface area (Å²) in [5.74, 6) is -0.477. The normalized spacial score (nSPS) is 11.9. The number of furan rings is 1. The number of aromatic nitrogens is 2. The number of nitrogens with zero attached hydrogens (tertiary/aromatic N) is 2. The first-order chi connectivity index (χ1) is 15.8. The van der Waals surface area contributed by atoms with Crippen LogP contribution in [0.25, 0.3) is 38.9 Å². The maximum Gasteiger partial charge on any atom is 0.416 e. The number of fused-ring (bicyclic) bond motifs is 3. The Morgan fingerprint density at radius 3 is 2.58 bits per heavy atom. The van der Waals surface area contributed by atoms with Crippen LogP contribution in [0.3, 0.4) is 0 Å². The van der Waals surface area contributed by atoms with E-state index in [-0.39, 0.29) is 12.1 Å². The number of halogens is 3. The van der Waals surface area contributed by atoms with Crippen LogP contribution in [-0.2, 0) is 22.1 Å². The molecule has 0 amide bonds. The number of ether oxygens (including phenoxy) is 1. The van der Waals surface area contributed by atoms with Crippen molar-refractivity contribution in [2.45, 2.75) is 12.6 Å². The minimum Gasteiger partial charge on any atom is -0.469 e. The topological polar surface area (TPSA) is 57.3 Å². The minimum atomic E-state index is -4.48. The van der Waals surface area contributed by atoms with Crippen LogP contribution >= 0.6 is 0 Å². The molecule has 0 fully saturated rings. The monoisotopic (exact) mass is 450 g/mol. The second-order valence-electron chi connectivity index (χ2n) is 7.56. The van der Waals surface area contributed by atoms with Gasteiger partial charge >= 0.3 is 12.1 Å². The zero-order chi connectivity index (χ0) is 23.2. The molecule has 0 spiro atoms. The van der Waals surface area contributed by atoms with Crippen molar-refractivity contribution < 1.29 is 27.1 Å². The molecule has 2 aromatic heterocycles. The number of rotatable bonds is 4. The second kappa shape index (κ2) is 7.81. The van der Waals surface area contributed by atoms with Gasteiger partial charge in [-0.15, -0.1) is 0 Å². The largest absolute Gasteiger partial charge is 0.469 e. The predicted octanol–water partition coefficient (Wildman–Crippen LogP) is 6.17. The molecule has 0 unspecified atom stereocenters. The van der Waals surface area contributed by atoms with Gasteiger partial charge in [0.25, 0.3) is 0 Å². The average molecular weight is 450 g/mol. The number of carbonyl (C=O) groups excluding carboxylic acids is 1. The Morgan fingerprint density at radius 2 is 1.79 bits per heavy atom. The molecule has 8 heteroatoms. The van der Waals surface area contributed by atoms with Crippen molar-refractivity contribution >= 4 is 27.9 Å². The summed E-state index contributed by atoms with van der Waals surface area (Å²) in [6.07, 6.45) is -3.00. The van der Waals surface area contributed by atoms with Crippen LogP contribution in [-0.4, -0.2) is 22.9 Å². The Bertz CT molecular complexity index is 1500. The summed E-state index contributed by atoms with van der Waals surface area (Å²) >= 11 is 0. The fourth-order valence-corrected chi connectivity index (χ4v) is 3.84. The Labute approximate surface area is 186 Å². The standard InChI is InChI=1S/C25H17F3N2O3/c1-32-23(31)12-16-14-30(18-6-4-5-17(13-18)25(26,27)28)29-24(16)15-9-10-22-20(11-15)19-7-2-3-8-21(19)33-22/h2-11,13-14H,12H2,1H3. The lowest BCUT2D eigenvalue weighted by atomic mass is 10.0. The van der Waals surface area contributed by atoms with E-state index < -0.39 is 17.7 Å². The molecule has 2 heterocycles. The first-order valence-corrected chi connectivity index (χ1v) is 10.1. The lowest BCUT2D eigenvalue weighted by Crippen LogP contribution is -2.06. The number of hydrogen-bond donors (Lipinski definition) is 0. The van der Waals surface area contributed by atoms with Crippen molar-refractivity contribution in [2.75, 3.05) is 7.11 Å². The summed E-state index contributed by atoms with van der Waals surface area (Å²) < 4.78 is 51.6. The average Bonchev–Trinajstić information content (AvgIpc) is 3.39. The Hall–Kier alpha value is -4.07. The van der Waals surface area contributed by atoms with Gasteiger partial charge in [-0.3, -0.25) is 4.79 Å². The fourth-order valence-electron chi connectivity index (χ4n) is 3.84. The smallest absolute Gasteiger partial charge is 0.416 e. The molecule has 33 heavy (non-hydrogen) atoms. The Balaban J connectivity index is 1.66. The molecule has 166 valence electrons. The highest BCUT2D eigenvalue weighted by Crippen LogP contribution is 2.34. The van der Waals surface area contributed by atoms with E-state index in [4.69, 9.17) is 9.15 Å². The zero-order valence-corrected chi connectivity index (χ0v) is 17.4. The minimum absolute atomic E-state index is 0.0744. The van der Waals surface area contributed by atoms with Crippen molar-refractivity contribution in [2.24, 2.45) is 0 Å². The van der Waals surface area contributed by atoms with E-state index in [0.717, 1.165) is 28.5 Å². The number of hydrogen-bond acceptors (Lipinski definition) is 4. The lowest BCUT2D eigenvalue weighted by molar-refractivity contribution is -0.140. The van der Waals surface area contributed by atoms with Crippen LogP contribution in [0.4, 0.5) is 13.2 Å². The van der Waals surface area contributed by atoms with E-state index in [1.54, 1.807) is 6.20 Å². The van der Waals surface area contributed by atoms with Gasteiger partial charge in [-0.1, -0.05) is 24.3 Å². The molecular weight excluding hydrogens is 433 g/mol. The van der Waals surface area contributed by atoms with Gasteiger partial charge in [0.2, 0.25) is 0 Å². The number of benzene rings is 3. The van der Waals surface area contributed by atoms with Gasteiger partial charge in [0.15, 0.2) is 0 Å². The molecule has 0 saturated heterocycles. The van der Waals surface area contributed by atoms with Crippen molar-refractivity contribution in [3.8, 4) is 16.9 Å². The maximum atomic E-state index is 13.2. The first-order valence-electron chi connectivity index (χ1n) is 10.1. The number of methoxy groups -OCH3 is 1. The van der Waals surface area contributed by atoms with Crippen molar-refractivity contribution in [3.63, 3.8) is 0 Å². The maximum absolute atomic E-state index is 13.2. The Kier molecular flexibility index (Phi) is 4.92. The molecule has 5 rings (SSSR count).